The summed E-state index contributed by atoms with van der Waals surface area (Å²) in [4.78, 5) is 11.4. The molecule has 0 aliphatic rings. The van der Waals surface area contributed by atoms with Crippen LogP contribution in [0.5, 0.6) is 0 Å². The molecule has 1 unspecified atom stereocenters. The lowest BCUT2D eigenvalue weighted by Gasteiger charge is -2.12. The Morgan fingerprint density at radius 3 is 2.83 bits per heavy atom. The number of unbranched alkanes of at least 4 members (excludes halogenated alkanes) is 1. The van der Waals surface area contributed by atoms with E-state index in [2.05, 4.69) is 19.1 Å². The van der Waals surface area contributed by atoms with Crippen molar-refractivity contribution in [2.45, 2.75) is 45.6 Å². The van der Waals surface area contributed by atoms with Crippen molar-refractivity contribution >= 4 is 5.97 Å². The van der Waals surface area contributed by atoms with Crippen LogP contribution in [0, 0.1) is 0 Å². The van der Waals surface area contributed by atoms with Crippen molar-refractivity contribution < 1.29 is 9.53 Å². The summed E-state index contributed by atoms with van der Waals surface area (Å²) < 4.78 is 4.91. The summed E-state index contributed by atoms with van der Waals surface area (Å²) >= 11 is 0. The minimum atomic E-state index is -0.273. The van der Waals surface area contributed by atoms with Gasteiger partial charge in [-0.15, -0.1) is 0 Å². The van der Waals surface area contributed by atoms with E-state index in [0.717, 1.165) is 12.0 Å². The summed E-state index contributed by atoms with van der Waals surface area (Å²) in [5.41, 5.74) is 8.32. The molecule has 3 heteroatoms. The van der Waals surface area contributed by atoms with Gasteiger partial charge in [-0.2, -0.15) is 0 Å². The van der Waals surface area contributed by atoms with E-state index in [1.54, 1.807) is 6.92 Å². The summed E-state index contributed by atoms with van der Waals surface area (Å²) in [6, 6.07) is 7.91. The van der Waals surface area contributed by atoms with Crippen molar-refractivity contribution in [1.82, 2.24) is 0 Å². The van der Waals surface area contributed by atoms with Gasteiger partial charge in [-0.1, -0.05) is 37.6 Å². The van der Waals surface area contributed by atoms with Crippen LogP contribution in [0.4, 0.5) is 0 Å². The molecule has 0 bridgehead atoms. The maximum Gasteiger partial charge on any atom is 0.307 e. The number of nitrogens with two attached hydrogens (primary N) is 1. The molecule has 3 nitrogen and oxygen atoms in total. The number of hydrogen-bond acceptors (Lipinski definition) is 3. The van der Waals surface area contributed by atoms with Gasteiger partial charge < -0.3 is 10.5 Å². The minimum absolute atomic E-state index is 0.232. The van der Waals surface area contributed by atoms with Crippen LogP contribution in [-0.2, 0) is 16.0 Å². The molecule has 18 heavy (non-hydrogen) atoms. The van der Waals surface area contributed by atoms with Gasteiger partial charge in [0.05, 0.1) is 13.0 Å². The average Bonchev–Trinajstić information content (AvgIpc) is 2.37. The van der Waals surface area contributed by atoms with E-state index in [1.165, 1.54) is 18.4 Å². The third kappa shape index (κ3) is 4.88. The Labute approximate surface area is 109 Å². The van der Waals surface area contributed by atoms with Crippen LogP contribution >= 0.6 is 0 Å². The maximum absolute atomic E-state index is 11.4. The molecule has 0 heterocycles. The van der Waals surface area contributed by atoms with Gasteiger partial charge in [0.2, 0.25) is 0 Å². The number of esters is 1. The molecule has 100 valence electrons. The molecule has 1 aromatic carbocycles. The molecule has 0 spiro atoms. The van der Waals surface area contributed by atoms with E-state index in [0.29, 0.717) is 6.61 Å². The molecule has 0 aromatic heterocycles. The van der Waals surface area contributed by atoms with Crippen molar-refractivity contribution in [2.24, 2.45) is 5.73 Å². The third-order valence-electron chi connectivity index (χ3n) is 2.89. The molecule has 0 radical (unpaired) electrons. The normalized spacial score (nSPS) is 12.2. The summed E-state index contributed by atoms with van der Waals surface area (Å²) in [7, 11) is 0. The Morgan fingerprint density at radius 1 is 1.39 bits per heavy atom. The molecule has 2 N–H and O–H groups in total. The zero-order valence-corrected chi connectivity index (χ0v) is 11.3. The highest BCUT2D eigenvalue weighted by Crippen LogP contribution is 2.17. The predicted octanol–water partition coefficient (Wildman–Crippen LogP) is 2.98. The monoisotopic (exact) mass is 249 g/mol. The molecule has 0 aliphatic heterocycles. The molecule has 0 saturated carbocycles. The van der Waals surface area contributed by atoms with Crippen molar-refractivity contribution in [2.75, 3.05) is 6.61 Å². The summed E-state index contributed by atoms with van der Waals surface area (Å²) in [6.07, 6.45) is 3.66. The Kier molecular flexibility index (Phi) is 6.44. The number of hydrogen-bond donors (Lipinski definition) is 1. The number of aryl methyl sites for hydroxylation is 1. The first kappa shape index (κ1) is 14.7. The topological polar surface area (TPSA) is 52.3 Å². The Hall–Kier alpha value is -1.35. The van der Waals surface area contributed by atoms with E-state index in [9.17, 15) is 4.79 Å². The van der Waals surface area contributed by atoms with Gasteiger partial charge in [-0.3, -0.25) is 4.79 Å². The maximum atomic E-state index is 11.4. The van der Waals surface area contributed by atoms with Crippen molar-refractivity contribution in [1.29, 1.82) is 0 Å². The second kappa shape index (κ2) is 7.88. The second-order valence-corrected chi connectivity index (χ2v) is 4.46. The van der Waals surface area contributed by atoms with E-state index < -0.39 is 0 Å². The highest BCUT2D eigenvalue weighted by Gasteiger charge is 2.12. The minimum Gasteiger partial charge on any atom is -0.466 e. The highest BCUT2D eigenvalue weighted by atomic mass is 16.5. The van der Waals surface area contributed by atoms with Gasteiger partial charge in [-0.25, -0.2) is 0 Å². The van der Waals surface area contributed by atoms with E-state index in [1.807, 2.05) is 12.1 Å². The lowest BCUT2D eigenvalue weighted by molar-refractivity contribution is -0.143. The first-order valence-electron chi connectivity index (χ1n) is 6.67. The van der Waals surface area contributed by atoms with Crippen LogP contribution in [-0.4, -0.2) is 12.6 Å². The average molecular weight is 249 g/mol. The molecule has 1 atom stereocenters. The molecule has 1 rings (SSSR count). The highest BCUT2D eigenvalue weighted by molar-refractivity contribution is 5.70. The Morgan fingerprint density at radius 2 is 2.17 bits per heavy atom. The Balaban J connectivity index is 2.61. The zero-order valence-electron chi connectivity index (χ0n) is 11.3. The van der Waals surface area contributed by atoms with Crippen LogP contribution in [0.3, 0.4) is 0 Å². The first-order valence-corrected chi connectivity index (χ1v) is 6.67. The van der Waals surface area contributed by atoms with Crippen molar-refractivity contribution in [3.8, 4) is 0 Å². The number of ether oxygens (including phenoxy) is 1. The lowest BCUT2D eigenvalue weighted by Crippen LogP contribution is -2.17. The second-order valence-electron chi connectivity index (χ2n) is 4.46. The smallest absolute Gasteiger partial charge is 0.307 e. The van der Waals surface area contributed by atoms with Gasteiger partial charge in [0.15, 0.2) is 0 Å². The Bertz CT molecular complexity index is 377. The van der Waals surface area contributed by atoms with Gasteiger partial charge >= 0.3 is 5.97 Å². The van der Waals surface area contributed by atoms with Crippen LogP contribution in [0.1, 0.15) is 50.3 Å². The molecule has 0 fully saturated rings. The van der Waals surface area contributed by atoms with Crippen LogP contribution in [0.15, 0.2) is 24.3 Å². The standard InChI is InChI=1S/C15H23NO2/c1-3-5-7-12-8-6-9-13(10-12)14(16)11-15(17)18-4-2/h6,8-10,14H,3-5,7,11,16H2,1-2H3. The summed E-state index contributed by atoms with van der Waals surface area (Å²) in [5, 5.41) is 0. The molecule has 1 aromatic rings. The number of carbonyl (C=O) groups excluding carboxylic acids is 1. The predicted molar refractivity (Wildman–Crippen MR) is 73.2 cm³/mol. The van der Waals surface area contributed by atoms with E-state index in [-0.39, 0.29) is 18.4 Å². The molecule has 0 amide bonds. The summed E-state index contributed by atoms with van der Waals surface area (Å²) in [5.74, 6) is -0.232. The van der Waals surface area contributed by atoms with Gasteiger partial charge in [0.1, 0.15) is 0 Å². The number of benzene rings is 1. The SMILES string of the molecule is CCCCc1cccc(C(N)CC(=O)OCC)c1. The van der Waals surface area contributed by atoms with Crippen LogP contribution < -0.4 is 5.73 Å². The van der Waals surface area contributed by atoms with Crippen LogP contribution in [0.2, 0.25) is 0 Å². The molecule has 0 saturated heterocycles. The third-order valence-corrected chi connectivity index (χ3v) is 2.89. The zero-order chi connectivity index (χ0) is 13.4. The van der Waals surface area contributed by atoms with Crippen molar-refractivity contribution in [3.63, 3.8) is 0 Å². The van der Waals surface area contributed by atoms with Crippen molar-refractivity contribution in [3.05, 3.63) is 35.4 Å². The van der Waals surface area contributed by atoms with Gasteiger partial charge in [0.25, 0.3) is 0 Å². The molecule has 0 aliphatic carbocycles. The van der Waals surface area contributed by atoms with Gasteiger partial charge in [-0.05, 0) is 30.9 Å². The molecular weight excluding hydrogens is 226 g/mol. The summed E-state index contributed by atoms with van der Waals surface area (Å²) in [6.45, 7) is 4.38. The molecular formula is C15H23NO2. The fourth-order valence-corrected chi connectivity index (χ4v) is 1.88. The van der Waals surface area contributed by atoms with Crippen LogP contribution in [0.25, 0.3) is 0 Å². The fourth-order valence-electron chi connectivity index (χ4n) is 1.88. The number of carbonyl (C=O) groups is 1. The van der Waals surface area contributed by atoms with Gasteiger partial charge in [0, 0.05) is 6.04 Å². The number of rotatable bonds is 7. The van der Waals surface area contributed by atoms with E-state index >= 15 is 0 Å². The fraction of sp³-hybridized carbons (Fsp3) is 0.533. The first-order chi connectivity index (χ1) is 8.67. The lowest BCUT2D eigenvalue weighted by atomic mass is 10.00. The largest absolute Gasteiger partial charge is 0.466 e. The quantitative estimate of drug-likeness (QED) is 0.756. The van der Waals surface area contributed by atoms with E-state index in [4.69, 9.17) is 10.5 Å².